The number of rotatable bonds is 56. The van der Waals surface area contributed by atoms with Crippen molar-refractivity contribution in [3.05, 3.63) is 85.1 Å². The minimum absolute atomic E-state index is 0.0104. The van der Waals surface area contributed by atoms with Crippen molar-refractivity contribution in [2.24, 2.45) is 0 Å². The Labute approximate surface area is 458 Å². The molecule has 3 unspecified atom stereocenters. The quantitative estimate of drug-likeness (QED) is 0.0272. The van der Waals surface area contributed by atoms with Crippen molar-refractivity contribution < 1.29 is 32.9 Å². The van der Waals surface area contributed by atoms with Crippen LogP contribution in [0.3, 0.4) is 0 Å². The third kappa shape index (κ3) is 57.4. The van der Waals surface area contributed by atoms with E-state index in [0.717, 1.165) is 89.9 Å². The van der Waals surface area contributed by atoms with Gasteiger partial charge in [-0.25, -0.2) is 0 Å². The molecule has 3 atom stereocenters. The van der Waals surface area contributed by atoms with Crippen molar-refractivity contribution in [3.8, 4) is 0 Å². The monoisotopic (exact) mass is 1050 g/mol. The van der Waals surface area contributed by atoms with Gasteiger partial charge in [-0.3, -0.25) is 9.36 Å². The molecule has 9 heteroatoms. The lowest BCUT2D eigenvalue weighted by Crippen LogP contribution is -2.45. The molecule has 0 bridgehead atoms. The molecule has 0 aliphatic rings. The smallest absolute Gasteiger partial charge is 0.268 e. The number of carbonyl (C=O) groups is 1. The SMILES string of the molecule is CC/C=C\C/C=C\C/C=C\C/C=C\C/C=C\C/C=C\CCCCCCC(=O)NC(COP(=O)([O-])OCC[N+](C)(C)C)C(O)/C=C/CCCCCCCCCCCCCCCCCCCCCCCCCCCCC. The van der Waals surface area contributed by atoms with E-state index in [-0.39, 0.29) is 12.5 Å². The number of nitrogens with zero attached hydrogens (tertiary/aromatic N) is 1. The molecule has 0 aliphatic carbocycles. The average molecular weight is 1060 g/mol. The van der Waals surface area contributed by atoms with Crippen LogP contribution in [0.1, 0.15) is 271 Å². The molecule has 0 radical (unpaired) electrons. The van der Waals surface area contributed by atoms with E-state index in [1.54, 1.807) is 6.08 Å². The summed E-state index contributed by atoms with van der Waals surface area (Å²) in [6, 6.07) is -0.907. The Balaban J connectivity index is 4.22. The number of carbonyl (C=O) groups excluding carboxylic acids is 1. The Hall–Kier alpha value is -2.32. The molecular formula is C65H119N2O6P. The molecule has 0 heterocycles. The first kappa shape index (κ1) is 71.7. The number of allylic oxidation sites excluding steroid dienone is 13. The molecule has 0 saturated carbocycles. The zero-order valence-corrected chi connectivity index (χ0v) is 49.9. The van der Waals surface area contributed by atoms with Gasteiger partial charge in [0.05, 0.1) is 39.9 Å². The van der Waals surface area contributed by atoms with Gasteiger partial charge in [0.2, 0.25) is 5.91 Å². The number of amides is 1. The molecule has 0 rings (SSSR count). The second-order valence-corrected chi connectivity index (χ2v) is 23.4. The van der Waals surface area contributed by atoms with Gasteiger partial charge in [-0.05, 0) is 70.6 Å². The zero-order chi connectivity index (χ0) is 54.2. The fourth-order valence-corrected chi connectivity index (χ4v) is 9.53. The van der Waals surface area contributed by atoms with Crippen LogP contribution in [0, 0.1) is 0 Å². The van der Waals surface area contributed by atoms with E-state index < -0.39 is 26.6 Å². The molecule has 430 valence electrons. The van der Waals surface area contributed by atoms with Crippen molar-refractivity contribution in [1.82, 2.24) is 5.32 Å². The van der Waals surface area contributed by atoms with Gasteiger partial charge in [0.25, 0.3) is 7.82 Å². The van der Waals surface area contributed by atoms with Gasteiger partial charge in [-0.2, -0.15) is 0 Å². The second-order valence-electron chi connectivity index (χ2n) is 22.0. The zero-order valence-electron chi connectivity index (χ0n) is 49.0. The van der Waals surface area contributed by atoms with E-state index in [9.17, 15) is 19.4 Å². The number of phosphoric acid groups is 1. The lowest BCUT2D eigenvalue weighted by molar-refractivity contribution is -0.870. The van der Waals surface area contributed by atoms with Crippen molar-refractivity contribution in [1.29, 1.82) is 0 Å². The number of quaternary nitrogens is 1. The standard InChI is InChI=1S/C65H119N2O6P/c1-6-8-10-12-14-16-18-20-22-24-26-28-30-31-32-33-34-35-37-38-40-42-44-46-48-50-52-54-56-58-64(68)63(62-73-74(70,71)72-61-60-67(3,4)5)66-65(69)59-57-55-53-51-49-47-45-43-41-39-36-29-27-25-23-21-19-17-15-13-11-9-7-2/h9,11,15,17,21,23,27,29,39,41,45,47,56,58,63-64,68H,6-8,10,12-14,16,18-20,22,24-26,28,30-38,40,42-44,46,48-55,57,59-62H2,1-5H3,(H-,66,69,70,71)/b11-9-,17-15-,23-21-,29-27-,41-39-,47-45-,58-56+. The third-order valence-corrected chi connectivity index (χ3v) is 14.6. The van der Waals surface area contributed by atoms with Gasteiger partial charge in [0.15, 0.2) is 0 Å². The molecule has 2 N–H and O–H groups in total. The Morgan fingerprint density at radius 3 is 1.20 bits per heavy atom. The van der Waals surface area contributed by atoms with Crippen molar-refractivity contribution in [2.45, 2.75) is 283 Å². The number of likely N-dealkylation sites (N-methyl/N-ethyl adjacent to an activating group) is 1. The van der Waals surface area contributed by atoms with Gasteiger partial charge in [0, 0.05) is 6.42 Å². The van der Waals surface area contributed by atoms with Gasteiger partial charge in [0.1, 0.15) is 13.2 Å². The van der Waals surface area contributed by atoms with Crippen LogP contribution in [-0.2, 0) is 18.4 Å². The van der Waals surface area contributed by atoms with Gasteiger partial charge >= 0.3 is 0 Å². The van der Waals surface area contributed by atoms with E-state index in [0.29, 0.717) is 17.4 Å². The van der Waals surface area contributed by atoms with E-state index in [1.165, 1.54) is 161 Å². The molecule has 0 saturated heterocycles. The van der Waals surface area contributed by atoms with E-state index in [1.807, 2.05) is 27.2 Å². The first-order valence-corrected chi connectivity index (χ1v) is 32.4. The van der Waals surface area contributed by atoms with Crippen molar-refractivity contribution in [3.63, 3.8) is 0 Å². The summed E-state index contributed by atoms with van der Waals surface area (Å²) in [5.41, 5.74) is 0. The first-order valence-electron chi connectivity index (χ1n) is 30.9. The van der Waals surface area contributed by atoms with Crippen LogP contribution < -0.4 is 10.2 Å². The van der Waals surface area contributed by atoms with Crippen LogP contribution in [0.5, 0.6) is 0 Å². The summed E-state index contributed by atoms with van der Waals surface area (Å²) in [6.07, 6.45) is 78.2. The fraction of sp³-hybridized carbons (Fsp3) is 0.769. The van der Waals surface area contributed by atoms with Crippen LogP contribution in [0.2, 0.25) is 0 Å². The largest absolute Gasteiger partial charge is 0.756 e. The van der Waals surface area contributed by atoms with Crippen LogP contribution >= 0.6 is 7.82 Å². The highest BCUT2D eigenvalue weighted by molar-refractivity contribution is 7.45. The van der Waals surface area contributed by atoms with Crippen LogP contribution in [0.25, 0.3) is 0 Å². The summed E-state index contributed by atoms with van der Waals surface area (Å²) >= 11 is 0. The third-order valence-electron chi connectivity index (χ3n) is 13.6. The minimum atomic E-state index is -4.61. The minimum Gasteiger partial charge on any atom is -0.756 e. The van der Waals surface area contributed by atoms with E-state index in [2.05, 4.69) is 92.1 Å². The maximum absolute atomic E-state index is 13.0. The van der Waals surface area contributed by atoms with E-state index >= 15 is 0 Å². The van der Waals surface area contributed by atoms with Crippen LogP contribution in [0.4, 0.5) is 0 Å². The van der Waals surface area contributed by atoms with E-state index in [4.69, 9.17) is 9.05 Å². The Morgan fingerprint density at radius 1 is 0.486 bits per heavy atom. The summed E-state index contributed by atoms with van der Waals surface area (Å²) in [5, 5.41) is 13.9. The Kier molecular flexibility index (Phi) is 53.7. The number of nitrogens with one attached hydrogen (secondary N) is 1. The predicted molar refractivity (Wildman–Crippen MR) is 320 cm³/mol. The summed E-state index contributed by atoms with van der Waals surface area (Å²) < 4.78 is 23.4. The molecular weight excluding hydrogens is 936 g/mol. The summed E-state index contributed by atoms with van der Waals surface area (Å²) in [4.78, 5) is 25.5. The number of hydrogen-bond acceptors (Lipinski definition) is 6. The fourth-order valence-electron chi connectivity index (χ4n) is 8.81. The topological polar surface area (TPSA) is 108 Å². The van der Waals surface area contributed by atoms with Crippen LogP contribution in [0.15, 0.2) is 85.1 Å². The molecule has 0 spiro atoms. The maximum Gasteiger partial charge on any atom is 0.268 e. The lowest BCUT2D eigenvalue weighted by Gasteiger charge is -2.29. The molecule has 74 heavy (non-hydrogen) atoms. The van der Waals surface area contributed by atoms with Gasteiger partial charge in [-0.1, -0.05) is 279 Å². The number of unbranched alkanes of at least 4 members (excludes halogenated alkanes) is 31. The van der Waals surface area contributed by atoms with Gasteiger partial charge in [-0.15, -0.1) is 0 Å². The Bertz CT molecular complexity index is 1480. The van der Waals surface area contributed by atoms with Gasteiger partial charge < -0.3 is 28.8 Å². The number of hydrogen-bond donors (Lipinski definition) is 2. The Morgan fingerprint density at radius 2 is 0.824 bits per heavy atom. The molecule has 0 aromatic rings. The number of phosphoric ester groups is 1. The predicted octanol–water partition coefficient (Wildman–Crippen LogP) is 18.6. The average Bonchev–Trinajstić information content (AvgIpc) is 3.36. The molecule has 1 amide bonds. The van der Waals surface area contributed by atoms with Crippen LogP contribution in [-0.4, -0.2) is 68.5 Å². The number of aliphatic hydroxyl groups is 1. The highest BCUT2D eigenvalue weighted by Gasteiger charge is 2.23. The molecule has 0 aromatic carbocycles. The maximum atomic E-state index is 13.0. The number of aliphatic hydroxyl groups excluding tert-OH is 1. The summed E-state index contributed by atoms with van der Waals surface area (Å²) in [5.74, 6) is -0.222. The summed E-state index contributed by atoms with van der Waals surface area (Å²) in [7, 11) is 1.24. The van der Waals surface area contributed by atoms with Crippen molar-refractivity contribution >= 4 is 13.7 Å². The molecule has 0 aliphatic heterocycles. The van der Waals surface area contributed by atoms with Crippen molar-refractivity contribution in [2.75, 3.05) is 40.9 Å². The highest BCUT2D eigenvalue weighted by Crippen LogP contribution is 2.38. The second kappa shape index (κ2) is 55.4. The normalized spacial score (nSPS) is 14.4. The molecule has 0 aromatic heterocycles. The molecule has 0 fully saturated rings. The molecule has 8 nitrogen and oxygen atoms in total. The summed E-state index contributed by atoms with van der Waals surface area (Å²) in [6.45, 7) is 4.53. The lowest BCUT2D eigenvalue weighted by atomic mass is 10.0. The highest BCUT2D eigenvalue weighted by atomic mass is 31.2. The first-order chi connectivity index (χ1) is 36.0.